The van der Waals surface area contributed by atoms with E-state index in [0.29, 0.717) is 0 Å². The zero-order valence-electron chi connectivity index (χ0n) is 8.32. The fourth-order valence-corrected chi connectivity index (χ4v) is 1.80. The van der Waals surface area contributed by atoms with Crippen LogP contribution in [0.3, 0.4) is 0 Å². The van der Waals surface area contributed by atoms with E-state index in [4.69, 9.17) is 5.73 Å². The van der Waals surface area contributed by atoms with E-state index in [0.717, 1.165) is 18.4 Å². The van der Waals surface area contributed by atoms with Crippen molar-refractivity contribution < 1.29 is 21.6 Å². The van der Waals surface area contributed by atoms with Gasteiger partial charge in [-0.25, -0.2) is 8.42 Å². The third kappa shape index (κ3) is 2.96. The van der Waals surface area contributed by atoms with Crippen molar-refractivity contribution in [3.05, 3.63) is 29.8 Å². The fourth-order valence-electron chi connectivity index (χ4n) is 1.13. The Hall–Kier alpha value is -1.08. The molecule has 7 heteroatoms. The molecule has 0 spiro atoms. The quantitative estimate of drug-likeness (QED) is 0.871. The zero-order valence-corrected chi connectivity index (χ0v) is 9.14. The van der Waals surface area contributed by atoms with Crippen molar-refractivity contribution in [3.63, 3.8) is 0 Å². The molecule has 0 saturated carbocycles. The van der Waals surface area contributed by atoms with Crippen molar-refractivity contribution in [1.82, 2.24) is 0 Å². The molecule has 16 heavy (non-hydrogen) atoms. The number of nitrogens with two attached hydrogens (primary N) is 1. The van der Waals surface area contributed by atoms with Crippen molar-refractivity contribution in [2.45, 2.75) is 17.1 Å². The molecule has 1 aromatic rings. The SMILES string of the molecule is CS(=O)(=O)c1cccc([C@@H](N)C(F)(F)F)c1. The van der Waals surface area contributed by atoms with E-state index in [1.54, 1.807) is 0 Å². The maximum atomic E-state index is 12.3. The molecule has 1 rings (SSSR count). The summed E-state index contributed by atoms with van der Waals surface area (Å²) >= 11 is 0. The van der Waals surface area contributed by atoms with Crippen molar-refractivity contribution in [3.8, 4) is 0 Å². The van der Waals surface area contributed by atoms with Gasteiger partial charge in [-0.3, -0.25) is 0 Å². The highest BCUT2D eigenvalue weighted by atomic mass is 32.2. The van der Waals surface area contributed by atoms with Crippen LogP contribution < -0.4 is 5.73 Å². The molecule has 90 valence electrons. The van der Waals surface area contributed by atoms with Gasteiger partial charge in [0.25, 0.3) is 0 Å². The van der Waals surface area contributed by atoms with E-state index in [9.17, 15) is 21.6 Å². The van der Waals surface area contributed by atoms with Gasteiger partial charge in [-0.05, 0) is 17.7 Å². The van der Waals surface area contributed by atoms with Crippen molar-refractivity contribution in [2.24, 2.45) is 5.73 Å². The number of alkyl halides is 3. The average Bonchev–Trinajstić information content (AvgIpc) is 2.14. The van der Waals surface area contributed by atoms with Crippen molar-refractivity contribution >= 4 is 9.84 Å². The molecule has 3 nitrogen and oxygen atoms in total. The van der Waals surface area contributed by atoms with Crippen LogP contribution in [0, 0.1) is 0 Å². The molecule has 0 aliphatic heterocycles. The molecule has 1 aromatic carbocycles. The second-order valence-corrected chi connectivity index (χ2v) is 5.38. The Balaban J connectivity index is 3.19. The maximum absolute atomic E-state index is 12.3. The fraction of sp³-hybridized carbons (Fsp3) is 0.333. The highest BCUT2D eigenvalue weighted by Gasteiger charge is 2.38. The molecule has 0 bridgehead atoms. The lowest BCUT2D eigenvalue weighted by molar-refractivity contribution is -0.149. The summed E-state index contributed by atoms with van der Waals surface area (Å²) in [7, 11) is -3.53. The van der Waals surface area contributed by atoms with E-state index >= 15 is 0 Å². The lowest BCUT2D eigenvalue weighted by Gasteiger charge is -2.16. The van der Waals surface area contributed by atoms with Crippen LogP contribution in [0.25, 0.3) is 0 Å². The standard InChI is InChI=1S/C9H10F3NO2S/c1-16(14,15)7-4-2-3-6(5-7)8(13)9(10,11)12/h2-5,8H,13H2,1H3/t8-/m1/s1. The van der Waals surface area contributed by atoms with Crippen LogP contribution in [0.2, 0.25) is 0 Å². The van der Waals surface area contributed by atoms with Gasteiger partial charge in [0, 0.05) is 6.26 Å². The highest BCUT2D eigenvalue weighted by Crippen LogP contribution is 2.31. The summed E-state index contributed by atoms with van der Waals surface area (Å²) in [6, 6.07) is 2.37. The molecule has 0 aliphatic rings. The van der Waals surface area contributed by atoms with Crippen LogP contribution in [0.5, 0.6) is 0 Å². The molecule has 0 aliphatic carbocycles. The molecule has 0 saturated heterocycles. The van der Waals surface area contributed by atoms with Crippen LogP contribution in [0.15, 0.2) is 29.2 Å². The van der Waals surface area contributed by atoms with Crippen LogP contribution in [0.1, 0.15) is 11.6 Å². The summed E-state index contributed by atoms with van der Waals surface area (Å²) in [4.78, 5) is -0.176. The van der Waals surface area contributed by atoms with Crippen LogP contribution in [-0.2, 0) is 9.84 Å². The normalized spacial score (nSPS) is 14.8. The van der Waals surface area contributed by atoms with Gasteiger partial charge >= 0.3 is 6.18 Å². The van der Waals surface area contributed by atoms with Crippen LogP contribution >= 0.6 is 0 Å². The van der Waals surface area contributed by atoms with Gasteiger partial charge in [0.1, 0.15) is 6.04 Å². The van der Waals surface area contributed by atoms with Gasteiger partial charge in [0.05, 0.1) is 4.90 Å². The Morgan fingerprint density at radius 3 is 2.31 bits per heavy atom. The van der Waals surface area contributed by atoms with E-state index in [1.807, 2.05) is 0 Å². The summed E-state index contributed by atoms with van der Waals surface area (Å²) in [6.07, 6.45) is -3.67. The minimum atomic E-state index is -4.59. The molecule has 0 heterocycles. The monoisotopic (exact) mass is 253 g/mol. The number of hydrogen-bond donors (Lipinski definition) is 1. The van der Waals surface area contributed by atoms with Gasteiger partial charge in [-0.15, -0.1) is 0 Å². The lowest BCUT2D eigenvalue weighted by atomic mass is 10.1. The molecular weight excluding hydrogens is 243 g/mol. The molecule has 0 radical (unpaired) electrons. The van der Waals surface area contributed by atoms with Gasteiger partial charge in [0.15, 0.2) is 9.84 Å². The summed E-state index contributed by atoms with van der Waals surface area (Å²) in [5.41, 5.74) is 4.70. The topological polar surface area (TPSA) is 60.2 Å². The lowest BCUT2D eigenvalue weighted by Crippen LogP contribution is -2.28. The Morgan fingerprint density at radius 2 is 1.88 bits per heavy atom. The Bertz CT molecular complexity index is 482. The molecular formula is C9H10F3NO2S. The van der Waals surface area contributed by atoms with Crippen LogP contribution in [-0.4, -0.2) is 20.8 Å². The molecule has 1 atom stereocenters. The first-order chi connectivity index (χ1) is 7.12. The first kappa shape index (κ1) is 13.0. The Morgan fingerprint density at radius 1 is 1.31 bits per heavy atom. The molecule has 0 aromatic heterocycles. The van der Waals surface area contributed by atoms with E-state index < -0.39 is 22.1 Å². The zero-order chi connectivity index (χ0) is 12.6. The number of hydrogen-bond acceptors (Lipinski definition) is 3. The largest absolute Gasteiger partial charge is 0.407 e. The van der Waals surface area contributed by atoms with E-state index in [-0.39, 0.29) is 10.5 Å². The predicted molar refractivity (Wildman–Crippen MR) is 52.5 cm³/mol. The minimum absolute atomic E-state index is 0.176. The second-order valence-electron chi connectivity index (χ2n) is 3.36. The average molecular weight is 253 g/mol. The molecule has 0 unspecified atom stereocenters. The first-order valence-electron chi connectivity index (χ1n) is 4.24. The third-order valence-corrected chi connectivity index (χ3v) is 3.11. The molecule has 0 fully saturated rings. The smallest absolute Gasteiger partial charge is 0.316 e. The van der Waals surface area contributed by atoms with Gasteiger partial charge in [-0.1, -0.05) is 12.1 Å². The summed E-state index contributed by atoms with van der Waals surface area (Å²) in [5, 5.41) is 0. The number of benzene rings is 1. The summed E-state index contributed by atoms with van der Waals surface area (Å²) < 4.78 is 59.1. The maximum Gasteiger partial charge on any atom is 0.407 e. The van der Waals surface area contributed by atoms with Gasteiger partial charge in [0.2, 0.25) is 0 Å². The summed E-state index contributed by atoms with van der Waals surface area (Å²) in [6.45, 7) is 0. The molecule has 2 N–H and O–H groups in total. The number of rotatable bonds is 2. The van der Waals surface area contributed by atoms with Crippen LogP contribution in [0.4, 0.5) is 13.2 Å². The Labute approximate surface area is 91.0 Å². The van der Waals surface area contributed by atoms with Crippen molar-refractivity contribution in [1.29, 1.82) is 0 Å². The van der Waals surface area contributed by atoms with E-state index in [2.05, 4.69) is 0 Å². The first-order valence-corrected chi connectivity index (χ1v) is 6.14. The summed E-state index contributed by atoms with van der Waals surface area (Å²) in [5.74, 6) is 0. The van der Waals surface area contributed by atoms with Crippen molar-refractivity contribution in [2.75, 3.05) is 6.26 Å². The predicted octanol–water partition coefficient (Wildman–Crippen LogP) is 1.65. The Kier molecular flexibility index (Phi) is 3.30. The second kappa shape index (κ2) is 4.06. The number of sulfone groups is 1. The van der Waals surface area contributed by atoms with Gasteiger partial charge in [-0.2, -0.15) is 13.2 Å². The van der Waals surface area contributed by atoms with Gasteiger partial charge < -0.3 is 5.73 Å². The third-order valence-electron chi connectivity index (χ3n) is 2.00. The van der Waals surface area contributed by atoms with E-state index in [1.165, 1.54) is 12.1 Å². The highest BCUT2D eigenvalue weighted by molar-refractivity contribution is 7.90. The minimum Gasteiger partial charge on any atom is -0.316 e. The number of halogens is 3. The molecule has 0 amide bonds.